The maximum absolute atomic E-state index is 8.85. The average Bonchev–Trinajstić information content (AvgIpc) is 2.36. The van der Waals surface area contributed by atoms with Gasteiger partial charge in [-0.2, -0.15) is 5.26 Å². The number of nitriles is 1. The second-order valence-corrected chi connectivity index (χ2v) is 4.61. The van der Waals surface area contributed by atoms with Crippen molar-refractivity contribution in [3.8, 4) is 11.8 Å². The van der Waals surface area contributed by atoms with Crippen LogP contribution in [0.2, 0.25) is 0 Å². The van der Waals surface area contributed by atoms with Crippen molar-refractivity contribution in [1.29, 1.82) is 5.26 Å². The molecule has 0 amide bonds. The Morgan fingerprint density at radius 1 is 1.39 bits per heavy atom. The van der Waals surface area contributed by atoms with E-state index in [0.29, 0.717) is 0 Å². The van der Waals surface area contributed by atoms with E-state index in [9.17, 15) is 0 Å². The van der Waals surface area contributed by atoms with Gasteiger partial charge in [-0.15, -0.1) is 0 Å². The van der Waals surface area contributed by atoms with Gasteiger partial charge in [-0.3, -0.25) is 0 Å². The van der Waals surface area contributed by atoms with Gasteiger partial charge in [0.15, 0.2) is 6.10 Å². The summed E-state index contributed by atoms with van der Waals surface area (Å²) in [6, 6.07) is 8.47. The molecule has 3 nitrogen and oxygen atoms in total. The topological polar surface area (TPSA) is 45.0 Å². The largest absolute Gasteiger partial charge is 0.476 e. The van der Waals surface area contributed by atoms with Gasteiger partial charge in [0.05, 0.1) is 0 Å². The summed E-state index contributed by atoms with van der Waals surface area (Å²) < 4.78 is 5.68. The van der Waals surface area contributed by atoms with Crippen LogP contribution in [0.4, 0.5) is 0 Å². The standard InChI is InChI=1S/C15H22N2O/c1-5-8-17-13(4)14-7-6-11(2)9-15(14)18-12(3)10-16/h6-7,9,12-13,17H,5,8H2,1-4H3. The molecule has 0 aliphatic heterocycles. The summed E-state index contributed by atoms with van der Waals surface area (Å²) in [4.78, 5) is 0. The van der Waals surface area contributed by atoms with Gasteiger partial charge in [-0.05, 0) is 45.4 Å². The molecule has 0 aliphatic carbocycles. The zero-order chi connectivity index (χ0) is 13.5. The van der Waals surface area contributed by atoms with Crippen molar-refractivity contribution >= 4 is 0 Å². The molecule has 1 aromatic rings. The molecular weight excluding hydrogens is 224 g/mol. The van der Waals surface area contributed by atoms with Gasteiger partial charge >= 0.3 is 0 Å². The molecule has 1 rings (SSSR count). The fraction of sp³-hybridized carbons (Fsp3) is 0.533. The molecule has 18 heavy (non-hydrogen) atoms. The molecule has 0 aromatic heterocycles. The maximum Gasteiger partial charge on any atom is 0.181 e. The van der Waals surface area contributed by atoms with Crippen molar-refractivity contribution < 1.29 is 4.74 Å². The zero-order valence-corrected chi connectivity index (χ0v) is 11.7. The fourth-order valence-corrected chi connectivity index (χ4v) is 1.79. The minimum Gasteiger partial charge on any atom is -0.476 e. The molecule has 0 radical (unpaired) electrons. The number of nitrogens with zero attached hydrogens (tertiary/aromatic N) is 1. The Kier molecular flexibility index (Phi) is 5.67. The molecule has 3 heteroatoms. The monoisotopic (exact) mass is 246 g/mol. The molecular formula is C15H22N2O. The number of hydrogen-bond acceptors (Lipinski definition) is 3. The van der Waals surface area contributed by atoms with E-state index in [1.54, 1.807) is 6.92 Å². The van der Waals surface area contributed by atoms with Gasteiger partial charge in [0, 0.05) is 11.6 Å². The second kappa shape index (κ2) is 7.03. The van der Waals surface area contributed by atoms with Gasteiger partial charge in [-0.1, -0.05) is 19.1 Å². The number of benzene rings is 1. The highest BCUT2D eigenvalue weighted by atomic mass is 16.5. The summed E-state index contributed by atoms with van der Waals surface area (Å²) in [5.74, 6) is 0.806. The first-order chi connectivity index (χ1) is 8.58. The predicted octanol–water partition coefficient (Wildman–Crippen LogP) is 3.35. The Morgan fingerprint density at radius 2 is 2.11 bits per heavy atom. The van der Waals surface area contributed by atoms with Crippen molar-refractivity contribution in [3.05, 3.63) is 29.3 Å². The Morgan fingerprint density at radius 3 is 2.72 bits per heavy atom. The highest BCUT2D eigenvalue weighted by Crippen LogP contribution is 2.27. The first-order valence-electron chi connectivity index (χ1n) is 6.48. The number of hydrogen-bond donors (Lipinski definition) is 1. The minimum absolute atomic E-state index is 0.228. The number of nitrogens with one attached hydrogen (secondary N) is 1. The van der Waals surface area contributed by atoms with E-state index in [2.05, 4.69) is 37.4 Å². The third-order valence-corrected chi connectivity index (χ3v) is 2.82. The van der Waals surface area contributed by atoms with Gasteiger partial charge in [0.1, 0.15) is 11.8 Å². The third-order valence-electron chi connectivity index (χ3n) is 2.82. The van der Waals surface area contributed by atoms with E-state index < -0.39 is 6.10 Å². The molecule has 0 bridgehead atoms. The van der Waals surface area contributed by atoms with Crippen LogP contribution in [0.5, 0.6) is 5.75 Å². The van der Waals surface area contributed by atoms with Crippen LogP contribution >= 0.6 is 0 Å². The molecule has 0 heterocycles. The van der Waals surface area contributed by atoms with Crippen molar-refractivity contribution in [1.82, 2.24) is 5.32 Å². The molecule has 0 saturated carbocycles. The van der Waals surface area contributed by atoms with Crippen LogP contribution in [-0.2, 0) is 0 Å². The van der Waals surface area contributed by atoms with Crippen LogP contribution in [0.25, 0.3) is 0 Å². The first kappa shape index (κ1) is 14.5. The normalized spacial score (nSPS) is 13.7. The molecule has 98 valence electrons. The molecule has 1 aromatic carbocycles. The van der Waals surface area contributed by atoms with Crippen LogP contribution in [0.3, 0.4) is 0 Å². The lowest BCUT2D eigenvalue weighted by atomic mass is 10.0. The summed E-state index contributed by atoms with van der Waals surface area (Å²) in [7, 11) is 0. The van der Waals surface area contributed by atoms with Gasteiger partial charge in [0.2, 0.25) is 0 Å². The smallest absolute Gasteiger partial charge is 0.181 e. The summed E-state index contributed by atoms with van der Waals surface area (Å²) >= 11 is 0. The van der Waals surface area contributed by atoms with Gasteiger partial charge in [0.25, 0.3) is 0 Å². The minimum atomic E-state index is -0.427. The van der Waals surface area contributed by atoms with E-state index >= 15 is 0 Å². The summed E-state index contributed by atoms with van der Waals surface area (Å²) in [5.41, 5.74) is 2.25. The van der Waals surface area contributed by atoms with Crippen LogP contribution in [0.1, 0.15) is 44.4 Å². The Balaban J connectivity index is 2.92. The van der Waals surface area contributed by atoms with E-state index in [1.165, 1.54) is 0 Å². The molecule has 0 fully saturated rings. The maximum atomic E-state index is 8.85. The van der Waals surface area contributed by atoms with Crippen molar-refractivity contribution in [2.24, 2.45) is 0 Å². The Labute approximate surface area is 110 Å². The quantitative estimate of drug-likeness (QED) is 0.837. The highest BCUT2D eigenvalue weighted by Gasteiger charge is 2.13. The van der Waals surface area contributed by atoms with Crippen LogP contribution in [0.15, 0.2) is 18.2 Å². The molecule has 2 unspecified atom stereocenters. The highest BCUT2D eigenvalue weighted by molar-refractivity contribution is 5.39. The van der Waals surface area contributed by atoms with Gasteiger partial charge < -0.3 is 10.1 Å². The zero-order valence-electron chi connectivity index (χ0n) is 11.7. The summed E-state index contributed by atoms with van der Waals surface area (Å²) in [5, 5.41) is 12.3. The van der Waals surface area contributed by atoms with E-state index in [0.717, 1.165) is 29.8 Å². The average molecular weight is 246 g/mol. The molecule has 0 spiro atoms. The number of rotatable bonds is 6. The number of aryl methyl sites for hydroxylation is 1. The van der Waals surface area contributed by atoms with Crippen LogP contribution in [-0.4, -0.2) is 12.6 Å². The predicted molar refractivity (Wildman–Crippen MR) is 73.6 cm³/mol. The summed E-state index contributed by atoms with van der Waals surface area (Å²) in [6.07, 6.45) is 0.671. The first-order valence-corrected chi connectivity index (χ1v) is 6.48. The Hall–Kier alpha value is -1.53. The molecule has 1 N–H and O–H groups in total. The van der Waals surface area contributed by atoms with E-state index in [1.807, 2.05) is 13.0 Å². The van der Waals surface area contributed by atoms with Crippen molar-refractivity contribution in [2.45, 2.75) is 46.3 Å². The van der Waals surface area contributed by atoms with Crippen LogP contribution < -0.4 is 10.1 Å². The fourth-order valence-electron chi connectivity index (χ4n) is 1.79. The van der Waals surface area contributed by atoms with Gasteiger partial charge in [-0.25, -0.2) is 0 Å². The number of ether oxygens (including phenoxy) is 1. The van der Waals surface area contributed by atoms with Crippen LogP contribution in [0, 0.1) is 18.3 Å². The molecule has 0 aliphatic rings. The molecule has 0 saturated heterocycles. The van der Waals surface area contributed by atoms with Crippen molar-refractivity contribution in [3.63, 3.8) is 0 Å². The lowest BCUT2D eigenvalue weighted by Crippen LogP contribution is -2.21. The second-order valence-electron chi connectivity index (χ2n) is 4.61. The Bertz CT molecular complexity index is 423. The lowest BCUT2D eigenvalue weighted by Gasteiger charge is -2.19. The lowest BCUT2D eigenvalue weighted by molar-refractivity contribution is 0.271. The van der Waals surface area contributed by atoms with Crippen molar-refractivity contribution in [2.75, 3.05) is 6.54 Å². The van der Waals surface area contributed by atoms with E-state index in [-0.39, 0.29) is 6.04 Å². The van der Waals surface area contributed by atoms with E-state index in [4.69, 9.17) is 10.00 Å². The SMILES string of the molecule is CCCNC(C)c1ccc(C)cc1OC(C)C#N. The third kappa shape index (κ3) is 4.05. The molecule has 2 atom stereocenters. The summed E-state index contributed by atoms with van der Waals surface area (Å²) in [6.45, 7) is 9.02.